The van der Waals surface area contributed by atoms with Crippen molar-refractivity contribution in [1.82, 2.24) is 45.0 Å². The first-order valence-corrected chi connectivity index (χ1v) is 12.7. The Labute approximate surface area is 250 Å². The van der Waals surface area contributed by atoms with Crippen LogP contribution in [-0.4, -0.2) is 84.1 Å². The second-order valence-corrected chi connectivity index (χ2v) is 9.65. The van der Waals surface area contributed by atoms with Crippen LogP contribution in [0.1, 0.15) is 37.9 Å². The van der Waals surface area contributed by atoms with Gasteiger partial charge in [0.25, 0.3) is 17.6 Å². The standard InChI is InChI=1S/C24H21Cl2F3N10O4/c1-12-8-13(25)9-15(21(41)36(2)37(3)23(42)43-4)18(12)31-20(40)17-10-14(11-38-34-22(32-35-38)24(27,28)29)33-39(17)19-16(26)6-5-7-30-19/h5-10H,11H2,1-4H3,(H,31,40). The van der Waals surface area contributed by atoms with Crippen molar-refractivity contribution < 1.29 is 32.3 Å². The summed E-state index contributed by atoms with van der Waals surface area (Å²) in [6.45, 7) is 1.20. The number of nitrogens with one attached hydrogen (secondary N) is 1. The average Bonchev–Trinajstić information content (AvgIpc) is 3.60. The summed E-state index contributed by atoms with van der Waals surface area (Å²) >= 11 is 12.5. The molecule has 3 heterocycles. The van der Waals surface area contributed by atoms with Gasteiger partial charge in [0.15, 0.2) is 5.82 Å². The Balaban J connectivity index is 1.74. The molecular weight excluding hydrogens is 620 g/mol. The SMILES string of the molecule is COC(=O)N(C)N(C)C(=O)c1cc(Cl)cc(C)c1NC(=O)c1cc(Cn2nnc(C(F)(F)F)n2)nn1-c1ncccc1Cl. The highest BCUT2D eigenvalue weighted by Crippen LogP contribution is 2.29. The molecule has 0 aliphatic carbocycles. The number of anilines is 1. The molecule has 0 atom stereocenters. The number of pyridine rings is 1. The molecule has 0 aliphatic heterocycles. The van der Waals surface area contributed by atoms with Crippen LogP contribution in [0.25, 0.3) is 5.82 Å². The van der Waals surface area contributed by atoms with Gasteiger partial charge in [-0.1, -0.05) is 23.2 Å². The summed E-state index contributed by atoms with van der Waals surface area (Å²) in [4.78, 5) is 43.9. The minimum Gasteiger partial charge on any atom is -0.452 e. The van der Waals surface area contributed by atoms with Crippen molar-refractivity contribution >= 4 is 46.8 Å². The van der Waals surface area contributed by atoms with Crippen LogP contribution in [0.4, 0.5) is 23.7 Å². The Hall–Kier alpha value is -4.77. The number of alkyl halides is 3. The number of aromatic nitrogens is 7. The van der Waals surface area contributed by atoms with Crippen LogP contribution in [-0.2, 0) is 17.5 Å². The molecule has 226 valence electrons. The monoisotopic (exact) mass is 640 g/mol. The fourth-order valence-electron chi connectivity index (χ4n) is 3.75. The van der Waals surface area contributed by atoms with E-state index in [-0.39, 0.29) is 38.5 Å². The summed E-state index contributed by atoms with van der Waals surface area (Å²) < 4.78 is 44.6. The first kappa shape index (κ1) is 31.2. The summed E-state index contributed by atoms with van der Waals surface area (Å²) in [6.07, 6.45) is -4.24. The zero-order chi connectivity index (χ0) is 31.6. The molecule has 0 radical (unpaired) electrons. The van der Waals surface area contributed by atoms with Crippen molar-refractivity contribution in [2.45, 2.75) is 19.6 Å². The van der Waals surface area contributed by atoms with Crippen molar-refractivity contribution in [3.63, 3.8) is 0 Å². The van der Waals surface area contributed by atoms with Gasteiger partial charge in [0.05, 0.1) is 29.1 Å². The molecule has 4 rings (SSSR count). The van der Waals surface area contributed by atoms with Gasteiger partial charge in [0.2, 0.25) is 0 Å². The second-order valence-electron chi connectivity index (χ2n) is 8.80. The van der Waals surface area contributed by atoms with Crippen molar-refractivity contribution in [1.29, 1.82) is 0 Å². The Morgan fingerprint density at radius 1 is 1.09 bits per heavy atom. The fourth-order valence-corrected chi connectivity index (χ4v) is 4.23. The molecule has 0 aliphatic rings. The molecule has 3 amide bonds. The first-order chi connectivity index (χ1) is 20.2. The Bertz CT molecular complexity index is 1710. The zero-order valence-electron chi connectivity index (χ0n) is 22.7. The number of hydrogen-bond acceptors (Lipinski definition) is 9. The normalized spacial score (nSPS) is 11.3. The van der Waals surface area contributed by atoms with E-state index in [9.17, 15) is 27.6 Å². The molecule has 1 N–H and O–H groups in total. The summed E-state index contributed by atoms with van der Waals surface area (Å²) in [7, 11) is 3.76. The number of hydrazine groups is 1. The van der Waals surface area contributed by atoms with Crippen molar-refractivity contribution in [3.05, 3.63) is 74.9 Å². The topological polar surface area (TPSA) is 153 Å². The molecule has 0 bridgehead atoms. The molecular formula is C24H21Cl2F3N10O4. The third kappa shape index (κ3) is 6.67. The van der Waals surface area contributed by atoms with Gasteiger partial charge in [-0.15, -0.1) is 10.2 Å². The van der Waals surface area contributed by atoms with E-state index in [1.165, 1.54) is 44.6 Å². The first-order valence-electron chi connectivity index (χ1n) is 12.0. The maximum atomic E-state index is 13.7. The number of halogens is 5. The van der Waals surface area contributed by atoms with Gasteiger partial charge >= 0.3 is 12.3 Å². The molecule has 1 aromatic carbocycles. The van der Waals surface area contributed by atoms with E-state index in [1.807, 2.05) is 0 Å². The third-order valence-electron chi connectivity index (χ3n) is 5.89. The molecule has 43 heavy (non-hydrogen) atoms. The molecule has 14 nitrogen and oxygen atoms in total. The van der Waals surface area contributed by atoms with E-state index in [1.54, 1.807) is 13.0 Å². The smallest absolute Gasteiger partial charge is 0.452 e. The predicted octanol–water partition coefficient (Wildman–Crippen LogP) is 3.87. The van der Waals surface area contributed by atoms with E-state index in [2.05, 4.69) is 35.5 Å². The van der Waals surface area contributed by atoms with Crippen LogP contribution in [0.5, 0.6) is 0 Å². The maximum Gasteiger partial charge on any atom is 0.455 e. The number of aryl methyl sites for hydroxylation is 1. The van der Waals surface area contributed by atoms with Crippen molar-refractivity contribution in [3.8, 4) is 5.82 Å². The van der Waals surface area contributed by atoms with Gasteiger partial charge in [-0.25, -0.2) is 24.5 Å². The predicted molar refractivity (Wildman–Crippen MR) is 145 cm³/mol. The lowest BCUT2D eigenvalue weighted by atomic mass is 10.1. The number of methoxy groups -OCH3 is 1. The lowest BCUT2D eigenvalue weighted by molar-refractivity contribution is -0.145. The average molecular weight is 641 g/mol. The summed E-state index contributed by atoms with van der Waals surface area (Å²) in [5.74, 6) is -2.93. The number of amides is 3. The van der Waals surface area contributed by atoms with Gasteiger partial charge in [-0.05, 0) is 48.0 Å². The number of hydrogen-bond donors (Lipinski definition) is 1. The Morgan fingerprint density at radius 3 is 2.44 bits per heavy atom. The lowest BCUT2D eigenvalue weighted by Gasteiger charge is -2.28. The molecule has 0 saturated carbocycles. The molecule has 0 spiro atoms. The van der Waals surface area contributed by atoms with Gasteiger partial charge in [-0.3, -0.25) is 9.59 Å². The largest absolute Gasteiger partial charge is 0.455 e. The summed E-state index contributed by atoms with van der Waals surface area (Å²) in [6, 6.07) is 7.12. The Kier molecular flexibility index (Phi) is 8.86. The minimum atomic E-state index is -4.81. The molecule has 0 fully saturated rings. The van der Waals surface area contributed by atoms with E-state index in [0.29, 0.717) is 10.4 Å². The van der Waals surface area contributed by atoms with Gasteiger partial charge in [0.1, 0.15) is 12.2 Å². The molecule has 0 unspecified atom stereocenters. The molecule has 0 saturated heterocycles. The van der Waals surface area contributed by atoms with Crippen LogP contribution in [0.3, 0.4) is 0 Å². The van der Waals surface area contributed by atoms with Crippen LogP contribution in [0.2, 0.25) is 10.0 Å². The van der Waals surface area contributed by atoms with E-state index in [4.69, 9.17) is 23.2 Å². The van der Waals surface area contributed by atoms with Crippen LogP contribution in [0.15, 0.2) is 36.5 Å². The van der Waals surface area contributed by atoms with Gasteiger partial charge < -0.3 is 10.1 Å². The number of ether oxygens (including phenoxy) is 1. The second kappa shape index (κ2) is 12.2. The number of carbonyl (C=O) groups is 3. The van der Waals surface area contributed by atoms with E-state index < -0.39 is 36.5 Å². The Morgan fingerprint density at radius 2 is 1.81 bits per heavy atom. The number of nitrogens with zero attached hydrogens (tertiary/aromatic N) is 9. The number of benzene rings is 1. The van der Waals surface area contributed by atoms with Crippen LogP contribution < -0.4 is 5.32 Å². The van der Waals surface area contributed by atoms with Crippen LogP contribution in [0, 0.1) is 6.92 Å². The third-order valence-corrected chi connectivity index (χ3v) is 6.41. The number of rotatable bonds is 6. The summed E-state index contributed by atoms with van der Waals surface area (Å²) in [5.41, 5.74) is 0.289. The van der Waals surface area contributed by atoms with Crippen LogP contribution >= 0.6 is 23.2 Å². The maximum absolute atomic E-state index is 13.7. The molecule has 3 aromatic heterocycles. The molecule has 19 heteroatoms. The van der Waals surface area contributed by atoms with E-state index in [0.717, 1.165) is 21.8 Å². The zero-order valence-corrected chi connectivity index (χ0v) is 24.2. The van der Waals surface area contributed by atoms with Crippen molar-refractivity contribution in [2.75, 3.05) is 26.5 Å². The lowest BCUT2D eigenvalue weighted by Crippen LogP contribution is -2.45. The van der Waals surface area contributed by atoms with Gasteiger partial charge in [-0.2, -0.15) is 23.1 Å². The number of tetrazole rings is 1. The minimum absolute atomic E-state index is 0.0339. The van der Waals surface area contributed by atoms with Gasteiger partial charge in [0, 0.05) is 25.3 Å². The fraction of sp³-hybridized carbons (Fsp3) is 0.250. The van der Waals surface area contributed by atoms with E-state index >= 15 is 0 Å². The van der Waals surface area contributed by atoms with Crippen molar-refractivity contribution in [2.24, 2.45) is 0 Å². The number of carbonyl (C=O) groups excluding carboxylic acids is 3. The quantitative estimate of drug-likeness (QED) is 0.309. The highest BCUT2D eigenvalue weighted by Gasteiger charge is 2.37. The highest BCUT2D eigenvalue weighted by molar-refractivity contribution is 6.32. The summed E-state index contributed by atoms with van der Waals surface area (Å²) in [5, 5.41) is 18.8. The highest BCUT2D eigenvalue weighted by atomic mass is 35.5. The molecule has 4 aromatic rings.